The zero-order valence-corrected chi connectivity index (χ0v) is 17.8. The van der Waals surface area contributed by atoms with E-state index >= 15 is 0 Å². The Balaban J connectivity index is 1.51. The lowest BCUT2D eigenvalue weighted by atomic mass is 9.92. The molecule has 31 heavy (non-hydrogen) atoms. The third-order valence-corrected chi connectivity index (χ3v) is 5.78. The molecule has 6 heteroatoms. The van der Waals surface area contributed by atoms with Crippen LogP contribution in [0.3, 0.4) is 0 Å². The summed E-state index contributed by atoms with van der Waals surface area (Å²) >= 11 is 0. The zero-order chi connectivity index (χ0) is 21.8. The molecular weight excluding hydrogens is 388 g/mol. The fourth-order valence-corrected chi connectivity index (χ4v) is 4.06. The SMILES string of the molecule is CNC(=O)c1cncc(N2CCC(c3cc(C(=O)Nc4ccccc4)ccc3C)C2)c1. The van der Waals surface area contributed by atoms with Gasteiger partial charge in [0.1, 0.15) is 0 Å². The lowest BCUT2D eigenvalue weighted by molar-refractivity contribution is 0.0961. The fraction of sp³-hybridized carbons (Fsp3) is 0.240. The van der Waals surface area contributed by atoms with Gasteiger partial charge in [0.25, 0.3) is 11.8 Å². The molecule has 2 aromatic carbocycles. The molecule has 1 fully saturated rings. The number of pyridine rings is 1. The van der Waals surface area contributed by atoms with Gasteiger partial charge in [0.2, 0.25) is 0 Å². The van der Waals surface area contributed by atoms with Crippen molar-refractivity contribution in [3.8, 4) is 0 Å². The fourth-order valence-electron chi connectivity index (χ4n) is 4.06. The summed E-state index contributed by atoms with van der Waals surface area (Å²) in [6.45, 7) is 3.79. The van der Waals surface area contributed by atoms with Crippen molar-refractivity contribution < 1.29 is 9.59 Å². The maximum Gasteiger partial charge on any atom is 0.255 e. The monoisotopic (exact) mass is 414 g/mol. The summed E-state index contributed by atoms with van der Waals surface area (Å²) in [6, 6.07) is 17.3. The first kappa shape index (κ1) is 20.6. The van der Waals surface area contributed by atoms with Crippen LogP contribution in [0.25, 0.3) is 0 Å². The minimum atomic E-state index is -0.141. The average molecular weight is 415 g/mol. The Morgan fingerprint density at radius 3 is 2.58 bits per heavy atom. The van der Waals surface area contributed by atoms with Crippen LogP contribution < -0.4 is 15.5 Å². The van der Waals surface area contributed by atoms with E-state index in [0.717, 1.165) is 30.9 Å². The summed E-state index contributed by atoms with van der Waals surface area (Å²) in [5.74, 6) is 0.0657. The Kier molecular flexibility index (Phi) is 5.98. The highest BCUT2D eigenvalue weighted by atomic mass is 16.2. The standard InChI is InChI=1S/C25H26N4O2/c1-17-8-9-18(25(31)28-21-6-4-3-5-7-21)13-23(17)19-10-11-29(16-19)22-12-20(14-27-15-22)24(30)26-2/h3-9,12-15,19H,10-11,16H2,1-2H3,(H,26,30)(H,28,31). The number of hydrogen-bond acceptors (Lipinski definition) is 4. The molecular formula is C25H26N4O2. The quantitative estimate of drug-likeness (QED) is 0.662. The van der Waals surface area contributed by atoms with Crippen LogP contribution in [0.5, 0.6) is 0 Å². The van der Waals surface area contributed by atoms with E-state index in [2.05, 4.69) is 27.4 Å². The second kappa shape index (κ2) is 9.00. The summed E-state index contributed by atoms with van der Waals surface area (Å²) in [4.78, 5) is 31.2. The molecule has 158 valence electrons. The van der Waals surface area contributed by atoms with Gasteiger partial charge in [-0.25, -0.2) is 0 Å². The molecule has 1 aromatic heterocycles. The van der Waals surface area contributed by atoms with Gasteiger partial charge in [-0.3, -0.25) is 14.6 Å². The summed E-state index contributed by atoms with van der Waals surface area (Å²) in [5, 5.41) is 5.60. The number of para-hydroxylation sites is 1. The Bertz CT molecular complexity index is 1100. The normalized spacial score (nSPS) is 15.5. The number of nitrogens with zero attached hydrogens (tertiary/aromatic N) is 2. The van der Waals surface area contributed by atoms with Crippen molar-refractivity contribution in [3.05, 3.63) is 89.2 Å². The summed E-state index contributed by atoms with van der Waals surface area (Å²) < 4.78 is 0. The Morgan fingerprint density at radius 2 is 1.81 bits per heavy atom. The number of aryl methyl sites for hydroxylation is 1. The van der Waals surface area contributed by atoms with Gasteiger partial charge in [-0.05, 0) is 54.8 Å². The van der Waals surface area contributed by atoms with Crippen LogP contribution in [0.1, 0.15) is 44.2 Å². The van der Waals surface area contributed by atoms with Crippen molar-refractivity contribution in [3.63, 3.8) is 0 Å². The molecule has 1 atom stereocenters. The van der Waals surface area contributed by atoms with Crippen molar-refractivity contribution >= 4 is 23.2 Å². The Morgan fingerprint density at radius 1 is 1.00 bits per heavy atom. The van der Waals surface area contributed by atoms with Crippen LogP contribution in [-0.4, -0.2) is 36.9 Å². The molecule has 1 aliphatic heterocycles. The van der Waals surface area contributed by atoms with Crippen LogP contribution in [0.4, 0.5) is 11.4 Å². The van der Waals surface area contributed by atoms with E-state index in [1.54, 1.807) is 19.4 Å². The van der Waals surface area contributed by atoms with Gasteiger partial charge in [-0.2, -0.15) is 0 Å². The number of carbonyl (C=O) groups is 2. The second-order valence-electron chi connectivity index (χ2n) is 7.83. The van der Waals surface area contributed by atoms with Crippen molar-refractivity contribution in [2.24, 2.45) is 0 Å². The van der Waals surface area contributed by atoms with Gasteiger partial charge in [0.15, 0.2) is 0 Å². The summed E-state index contributed by atoms with van der Waals surface area (Å²) in [7, 11) is 1.62. The van der Waals surface area contributed by atoms with Crippen LogP contribution in [0.2, 0.25) is 0 Å². The molecule has 1 saturated heterocycles. The van der Waals surface area contributed by atoms with E-state index in [1.165, 1.54) is 11.1 Å². The Labute approximate surface area is 182 Å². The summed E-state index contributed by atoms with van der Waals surface area (Å²) in [5.41, 5.74) is 5.31. The van der Waals surface area contributed by atoms with Crippen LogP contribution >= 0.6 is 0 Å². The van der Waals surface area contributed by atoms with E-state index in [9.17, 15) is 9.59 Å². The smallest absolute Gasteiger partial charge is 0.255 e. The second-order valence-corrected chi connectivity index (χ2v) is 7.83. The molecule has 6 nitrogen and oxygen atoms in total. The van der Waals surface area contributed by atoms with E-state index in [0.29, 0.717) is 17.0 Å². The van der Waals surface area contributed by atoms with Crippen LogP contribution in [0.15, 0.2) is 67.0 Å². The van der Waals surface area contributed by atoms with Gasteiger partial charge in [0, 0.05) is 43.5 Å². The van der Waals surface area contributed by atoms with Crippen molar-refractivity contribution in [1.29, 1.82) is 0 Å². The first-order chi connectivity index (χ1) is 15.0. The number of rotatable bonds is 5. The molecule has 0 aliphatic carbocycles. The van der Waals surface area contributed by atoms with Crippen molar-refractivity contribution in [2.45, 2.75) is 19.3 Å². The third kappa shape index (κ3) is 4.58. The van der Waals surface area contributed by atoms with Gasteiger partial charge in [-0.1, -0.05) is 24.3 Å². The lowest BCUT2D eigenvalue weighted by Gasteiger charge is -2.20. The molecule has 2 N–H and O–H groups in total. The van der Waals surface area contributed by atoms with E-state index in [1.807, 2.05) is 54.6 Å². The first-order valence-electron chi connectivity index (χ1n) is 10.4. The molecule has 0 spiro atoms. The number of aromatic nitrogens is 1. The van der Waals surface area contributed by atoms with Crippen LogP contribution in [0, 0.1) is 6.92 Å². The van der Waals surface area contributed by atoms with Gasteiger partial charge >= 0.3 is 0 Å². The molecule has 0 radical (unpaired) electrons. The highest BCUT2D eigenvalue weighted by Crippen LogP contribution is 2.33. The number of anilines is 2. The molecule has 0 saturated carbocycles. The highest BCUT2D eigenvalue weighted by Gasteiger charge is 2.26. The molecule has 3 aromatic rings. The maximum atomic E-state index is 12.7. The van der Waals surface area contributed by atoms with E-state index < -0.39 is 0 Å². The van der Waals surface area contributed by atoms with E-state index in [-0.39, 0.29) is 11.8 Å². The topological polar surface area (TPSA) is 74.3 Å². The molecule has 2 heterocycles. The molecule has 1 aliphatic rings. The minimum Gasteiger partial charge on any atom is -0.370 e. The number of carbonyl (C=O) groups excluding carboxylic acids is 2. The number of hydrogen-bond donors (Lipinski definition) is 2. The van der Waals surface area contributed by atoms with Crippen molar-refractivity contribution in [1.82, 2.24) is 10.3 Å². The number of nitrogens with one attached hydrogen (secondary N) is 2. The maximum absolute atomic E-state index is 12.7. The van der Waals surface area contributed by atoms with E-state index in [4.69, 9.17) is 0 Å². The van der Waals surface area contributed by atoms with Gasteiger partial charge < -0.3 is 15.5 Å². The highest BCUT2D eigenvalue weighted by molar-refractivity contribution is 6.04. The first-order valence-corrected chi connectivity index (χ1v) is 10.4. The van der Waals surface area contributed by atoms with Crippen molar-refractivity contribution in [2.75, 3.05) is 30.4 Å². The van der Waals surface area contributed by atoms with Crippen LogP contribution in [-0.2, 0) is 0 Å². The molecule has 2 amide bonds. The summed E-state index contributed by atoms with van der Waals surface area (Å²) in [6.07, 6.45) is 4.36. The predicted molar refractivity (Wildman–Crippen MR) is 123 cm³/mol. The third-order valence-electron chi connectivity index (χ3n) is 5.78. The minimum absolute atomic E-state index is 0.107. The zero-order valence-electron chi connectivity index (χ0n) is 17.8. The molecule has 4 rings (SSSR count). The molecule has 0 bridgehead atoms. The number of amides is 2. The Hall–Kier alpha value is -3.67. The lowest BCUT2D eigenvalue weighted by Crippen LogP contribution is -2.22. The van der Waals surface area contributed by atoms with Gasteiger partial charge in [-0.15, -0.1) is 0 Å². The largest absolute Gasteiger partial charge is 0.370 e. The van der Waals surface area contributed by atoms with Gasteiger partial charge in [0.05, 0.1) is 17.4 Å². The molecule has 1 unspecified atom stereocenters. The average Bonchev–Trinajstić information content (AvgIpc) is 3.29. The predicted octanol–water partition coefficient (Wildman–Crippen LogP) is 4.00. The number of benzene rings is 2.